The molecule has 0 aliphatic carbocycles. The summed E-state index contributed by atoms with van der Waals surface area (Å²) in [5, 5.41) is 7.47. The van der Waals surface area contributed by atoms with Crippen LogP contribution in [0.4, 0.5) is 0 Å². The highest BCUT2D eigenvalue weighted by atomic mass is 35.5. The Bertz CT molecular complexity index is 770. The van der Waals surface area contributed by atoms with Gasteiger partial charge in [-0.3, -0.25) is 9.80 Å². The molecule has 2 aliphatic heterocycles. The zero-order chi connectivity index (χ0) is 18.5. The number of hydrogen-bond donors (Lipinski definition) is 1. The van der Waals surface area contributed by atoms with Crippen molar-refractivity contribution in [1.29, 1.82) is 0 Å². The lowest BCUT2D eigenvalue weighted by Gasteiger charge is -2.38. The first-order chi connectivity index (χ1) is 13.3. The van der Waals surface area contributed by atoms with E-state index in [0.29, 0.717) is 6.54 Å². The number of piperazine rings is 1. The summed E-state index contributed by atoms with van der Waals surface area (Å²) in [5.41, 5.74) is 3.38. The van der Waals surface area contributed by atoms with Gasteiger partial charge in [-0.2, -0.15) is 0 Å². The Balaban J connectivity index is 0.00000150. The molecule has 2 heterocycles. The number of carbonyl (C=O) groups is 1. The van der Waals surface area contributed by atoms with Crippen LogP contribution in [0.5, 0.6) is 0 Å². The average Bonchev–Trinajstić information content (AvgIpc) is 2.75. The molecule has 158 valence electrons. The molecule has 1 saturated heterocycles. The SMILES string of the molecule is Cl.Cl.O=C(c1ccccc1)N(CCC1OCCc2ccccc21)N1CCNCC1. The smallest absolute Gasteiger partial charge is 0.268 e. The first-order valence-corrected chi connectivity index (χ1v) is 9.85. The third-order valence-electron chi connectivity index (χ3n) is 5.39. The topological polar surface area (TPSA) is 44.8 Å². The normalized spacial score (nSPS) is 18.7. The molecule has 1 N–H and O–H groups in total. The van der Waals surface area contributed by atoms with Gasteiger partial charge in [0.2, 0.25) is 0 Å². The molecule has 4 rings (SSSR count). The standard InChI is InChI=1S/C22H27N3O2.2ClH/c26-22(19-7-2-1-3-8-19)25(24-15-12-23-13-16-24)14-10-21-20-9-5-4-6-18(20)11-17-27-21;;/h1-9,21,23H,10-17H2;2*1H. The largest absolute Gasteiger partial charge is 0.373 e. The molecular formula is C22H29Cl2N3O2. The molecule has 1 atom stereocenters. The third kappa shape index (κ3) is 5.71. The number of ether oxygens (including phenoxy) is 1. The van der Waals surface area contributed by atoms with Crippen LogP contribution in [0.2, 0.25) is 0 Å². The molecule has 1 amide bonds. The molecule has 2 aromatic carbocycles. The minimum atomic E-state index is 0. The van der Waals surface area contributed by atoms with Crippen molar-refractivity contribution in [2.45, 2.75) is 18.9 Å². The fourth-order valence-corrected chi connectivity index (χ4v) is 3.95. The second kappa shape index (κ2) is 11.5. The highest BCUT2D eigenvalue weighted by Crippen LogP contribution is 2.30. The van der Waals surface area contributed by atoms with Crippen LogP contribution in [-0.4, -0.2) is 55.3 Å². The fraction of sp³-hybridized carbons (Fsp3) is 0.409. The third-order valence-corrected chi connectivity index (χ3v) is 5.39. The summed E-state index contributed by atoms with van der Waals surface area (Å²) in [6.07, 6.45) is 1.83. The number of nitrogens with zero attached hydrogens (tertiary/aromatic N) is 2. The fourth-order valence-electron chi connectivity index (χ4n) is 3.95. The lowest BCUT2D eigenvalue weighted by Crippen LogP contribution is -2.55. The molecule has 0 radical (unpaired) electrons. The highest BCUT2D eigenvalue weighted by Gasteiger charge is 2.27. The van der Waals surface area contributed by atoms with E-state index in [1.807, 2.05) is 35.3 Å². The maximum atomic E-state index is 13.2. The molecule has 1 unspecified atom stereocenters. The van der Waals surface area contributed by atoms with E-state index in [1.165, 1.54) is 11.1 Å². The summed E-state index contributed by atoms with van der Waals surface area (Å²) >= 11 is 0. The van der Waals surface area contributed by atoms with Crippen molar-refractivity contribution in [2.24, 2.45) is 0 Å². The molecular weight excluding hydrogens is 409 g/mol. The van der Waals surface area contributed by atoms with Crippen LogP contribution in [0.1, 0.15) is 34.0 Å². The van der Waals surface area contributed by atoms with Gasteiger partial charge in [0.15, 0.2) is 0 Å². The van der Waals surface area contributed by atoms with E-state index in [9.17, 15) is 4.79 Å². The van der Waals surface area contributed by atoms with Crippen molar-refractivity contribution >= 4 is 30.7 Å². The van der Waals surface area contributed by atoms with Gasteiger partial charge < -0.3 is 10.1 Å². The zero-order valence-corrected chi connectivity index (χ0v) is 18.1. The summed E-state index contributed by atoms with van der Waals surface area (Å²) in [6, 6.07) is 18.1. The molecule has 5 nitrogen and oxygen atoms in total. The monoisotopic (exact) mass is 437 g/mol. The molecule has 0 spiro atoms. The van der Waals surface area contributed by atoms with E-state index >= 15 is 0 Å². The van der Waals surface area contributed by atoms with Gasteiger partial charge in [-0.25, -0.2) is 5.01 Å². The maximum absolute atomic E-state index is 13.2. The second-order valence-corrected chi connectivity index (χ2v) is 7.09. The summed E-state index contributed by atoms with van der Waals surface area (Å²) in [6.45, 7) is 4.92. The number of hydrazine groups is 1. The van der Waals surface area contributed by atoms with Gasteiger partial charge in [0.25, 0.3) is 5.91 Å². The van der Waals surface area contributed by atoms with Crippen molar-refractivity contribution in [1.82, 2.24) is 15.3 Å². The van der Waals surface area contributed by atoms with Crippen LogP contribution in [-0.2, 0) is 11.2 Å². The highest BCUT2D eigenvalue weighted by molar-refractivity contribution is 5.93. The molecule has 0 aromatic heterocycles. The number of nitrogens with one attached hydrogen (secondary N) is 1. The number of benzene rings is 2. The van der Waals surface area contributed by atoms with E-state index in [0.717, 1.165) is 51.2 Å². The van der Waals surface area contributed by atoms with Crippen LogP contribution in [0.25, 0.3) is 0 Å². The number of hydrogen-bond acceptors (Lipinski definition) is 4. The van der Waals surface area contributed by atoms with Gasteiger partial charge in [-0.1, -0.05) is 42.5 Å². The van der Waals surface area contributed by atoms with Crippen molar-refractivity contribution in [3.63, 3.8) is 0 Å². The summed E-state index contributed by atoms with van der Waals surface area (Å²) in [4.78, 5) is 13.2. The van der Waals surface area contributed by atoms with Crippen molar-refractivity contribution < 1.29 is 9.53 Å². The minimum absolute atomic E-state index is 0. The number of rotatable bonds is 5. The van der Waals surface area contributed by atoms with Gasteiger partial charge in [-0.05, 0) is 36.1 Å². The zero-order valence-electron chi connectivity index (χ0n) is 16.5. The van der Waals surface area contributed by atoms with Crippen molar-refractivity contribution in [3.8, 4) is 0 Å². The van der Waals surface area contributed by atoms with Gasteiger partial charge in [-0.15, -0.1) is 24.8 Å². The van der Waals surface area contributed by atoms with Gasteiger partial charge in [0.05, 0.1) is 12.7 Å². The molecule has 0 bridgehead atoms. The Morgan fingerprint density at radius 1 is 1.03 bits per heavy atom. The summed E-state index contributed by atoms with van der Waals surface area (Å²) < 4.78 is 6.06. The van der Waals surface area contributed by atoms with Crippen LogP contribution >= 0.6 is 24.8 Å². The molecule has 1 fully saturated rings. The summed E-state index contributed by atoms with van der Waals surface area (Å²) in [7, 11) is 0. The van der Waals surface area contributed by atoms with Crippen molar-refractivity contribution in [2.75, 3.05) is 39.3 Å². The number of halogens is 2. The van der Waals surface area contributed by atoms with Crippen LogP contribution in [0.3, 0.4) is 0 Å². The number of amides is 1. The molecule has 2 aliphatic rings. The Morgan fingerprint density at radius 3 is 2.48 bits per heavy atom. The quantitative estimate of drug-likeness (QED) is 0.777. The van der Waals surface area contributed by atoms with E-state index in [2.05, 4.69) is 34.6 Å². The van der Waals surface area contributed by atoms with E-state index in [4.69, 9.17) is 4.74 Å². The molecule has 2 aromatic rings. The van der Waals surface area contributed by atoms with E-state index in [1.54, 1.807) is 0 Å². The molecule has 29 heavy (non-hydrogen) atoms. The molecule has 7 heteroatoms. The lowest BCUT2D eigenvalue weighted by atomic mass is 9.96. The Labute approximate surface area is 185 Å². The van der Waals surface area contributed by atoms with Gasteiger partial charge in [0, 0.05) is 38.3 Å². The second-order valence-electron chi connectivity index (χ2n) is 7.09. The van der Waals surface area contributed by atoms with Crippen molar-refractivity contribution in [3.05, 3.63) is 71.3 Å². The average molecular weight is 438 g/mol. The van der Waals surface area contributed by atoms with Gasteiger partial charge in [0.1, 0.15) is 0 Å². The van der Waals surface area contributed by atoms with Crippen LogP contribution in [0.15, 0.2) is 54.6 Å². The Hall–Kier alpha value is -1.63. The van der Waals surface area contributed by atoms with E-state index in [-0.39, 0.29) is 36.8 Å². The number of fused-ring (bicyclic) bond motifs is 1. The van der Waals surface area contributed by atoms with Crippen LogP contribution in [0, 0.1) is 0 Å². The minimum Gasteiger partial charge on any atom is -0.373 e. The first-order valence-electron chi connectivity index (χ1n) is 9.85. The predicted molar refractivity (Wildman–Crippen MR) is 120 cm³/mol. The Morgan fingerprint density at radius 2 is 1.72 bits per heavy atom. The first kappa shape index (κ1) is 23.6. The maximum Gasteiger partial charge on any atom is 0.268 e. The molecule has 0 saturated carbocycles. The summed E-state index contributed by atoms with van der Waals surface area (Å²) in [5.74, 6) is 0.0709. The Kier molecular flexibility index (Phi) is 9.40. The number of carbonyl (C=O) groups excluding carboxylic acids is 1. The lowest BCUT2D eigenvalue weighted by molar-refractivity contribution is -0.0329. The predicted octanol–water partition coefficient (Wildman–Crippen LogP) is 3.50. The van der Waals surface area contributed by atoms with Crippen LogP contribution < -0.4 is 5.32 Å². The van der Waals surface area contributed by atoms with Gasteiger partial charge >= 0.3 is 0 Å². The van der Waals surface area contributed by atoms with E-state index < -0.39 is 0 Å².